The van der Waals surface area contributed by atoms with Crippen LogP contribution >= 0.6 is 11.3 Å². The summed E-state index contributed by atoms with van der Waals surface area (Å²) in [6, 6.07) is 8.07. The monoisotopic (exact) mass is 369 g/mol. The molecule has 0 amide bonds. The molecule has 0 spiro atoms. The van der Waals surface area contributed by atoms with Gasteiger partial charge in [-0.1, -0.05) is 12.1 Å². The van der Waals surface area contributed by atoms with Crippen LogP contribution in [0, 0.1) is 6.92 Å². The Kier molecular flexibility index (Phi) is 5.04. The smallest absolute Gasteiger partial charge is 0.198 e. The molecule has 0 bridgehead atoms. The number of thiazole rings is 1. The average Bonchev–Trinajstić information content (AvgIpc) is 3.38. The number of rotatable bonds is 6. The summed E-state index contributed by atoms with van der Waals surface area (Å²) in [5.41, 5.74) is 4.24. The van der Waals surface area contributed by atoms with E-state index in [1.165, 1.54) is 10.4 Å². The van der Waals surface area contributed by atoms with Crippen LogP contribution in [0.5, 0.6) is 5.75 Å². The Balaban J connectivity index is 1.38. The van der Waals surface area contributed by atoms with Crippen LogP contribution in [-0.2, 0) is 13.0 Å². The Morgan fingerprint density at radius 2 is 2.27 bits per heavy atom. The third-order valence-corrected chi connectivity index (χ3v) is 5.84. The molecule has 0 aliphatic carbocycles. The number of aryl methyl sites for hydroxylation is 1. The van der Waals surface area contributed by atoms with Gasteiger partial charge in [-0.15, -0.1) is 11.3 Å². The third-order valence-electron chi connectivity index (χ3n) is 4.92. The van der Waals surface area contributed by atoms with Crippen molar-refractivity contribution in [2.75, 3.05) is 20.2 Å². The molecule has 0 N–H and O–H groups in total. The van der Waals surface area contributed by atoms with Crippen LogP contribution in [0.25, 0.3) is 0 Å². The maximum Gasteiger partial charge on any atom is 0.198 e. The van der Waals surface area contributed by atoms with E-state index in [4.69, 9.17) is 9.15 Å². The molecule has 0 saturated carbocycles. The van der Waals surface area contributed by atoms with Crippen molar-refractivity contribution in [1.82, 2.24) is 14.9 Å². The minimum absolute atomic E-state index is 0.377. The van der Waals surface area contributed by atoms with Crippen LogP contribution in [0.15, 0.2) is 40.4 Å². The standard InChI is InChI=1S/C20H23N3O2S/c1-14-19(26-13-22-14)12-23-7-6-16(11-23)20-21-10-18(25-20)9-15-4-3-5-17(8-15)24-2/h3-5,8,10,13,16H,6-7,9,11-12H2,1-2H3. The van der Waals surface area contributed by atoms with Crippen LogP contribution in [0.1, 0.15) is 40.1 Å². The molecule has 2 aromatic heterocycles. The fraction of sp³-hybridized carbons (Fsp3) is 0.400. The van der Waals surface area contributed by atoms with Crippen molar-refractivity contribution in [3.63, 3.8) is 0 Å². The molecule has 1 unspecified atom stereocenters. The van der Waals surface area contributed by atoms with Crippen LogP contribution in [0.2, 0.25) is 0 Å². The summed E-state index contributed by atoms with van der Waals surface area (Å²) in [4.78, 5) is 12.7. The number of likely N-dealkylation sites (tertiary alicyclic amines) is 1. The summed E-state index contributed by atoms with van der Waals surface area (Å²) in [6.07, 6.45) is 3.70. The molecule has 3 aromatic rings. The van der Waals surface area contributed by atoms with Gasteiger partial charge >= 0.3 is 0 Å². The zero-order chi connectivity index (χ0) is 17.9. The van der Waals surface area contributed by atoms with Gasteiger partial charge in [0, 0.05) is 30.3 Å². The van der Waals surface area contributed by atoms with E-state index in [1.54, 1.807) is 18.4 Å². The number of aromatic nitrogens is 2. The molecule has 5 nitrogen and oxygen atoms in total. The van der Waals surface area contributed by atoms with Crippen LogP contribution < -0.4 is 4.74 Å². The molecule has 1 fully saturated rings. The molecule has 26 heavy (non-hydrogen) atoms. The van der Waals surface area contributed by atoms with Crippen LogP contribution in [0.3, 0.4) is 0 Å². The zero-order valence-corrected chi connectivity index (χ0v) is 16.0. The molecule has 1 aliphatic rings. The summed E-state index contributed by atoms with van der Waals surface area (Å²) >= 11 is 1.74. The van der Waals surface area contributed by atoms with Gasteiger partial charge in [0.15, 0.2) is 5.89 Å². The van der Waals surface area contributed by atoms with Gasteiger partial charge in [-0.25, -0.2) is 9.97 Å². The highest BCUT2D eigenvalue weighted by Gasteiger charge is 2.28. The molecule has 1 aromatic carbocycles. The van der Waals surface area contributed by atoms with E-state index in [2.05, 4.69) is 27.9 Å². The Labute approximate surface area is 157 Å². The number of benzene rings is 1. The second-order valence-corrected chi connectivity index (χ2v) is 7.71. The molecule has 1 aliphatic heterocycles. The number of nitrogens with zero attached hydrogens (tertiary/aromatic N) is 3. The van der Waals surface area contributed by atoms with Crippen molar-refractivity contribution in [1.29, 1.82) is 0 Å². The first-order valence-corrected chi connectivity index (χ1v) is 9.78. The summed E-state index contributed by atoms with van der Waals surface area (Å²) in [7, 11) is 1.69. The lowest BCUT2D eigenvalue weighted by molar-refractivity contribution is 0.320. The van der Waals surface area contributed by atoms with E-state index >= 15 is 0 Å². The Morgan fingerprint density at radius 1 is 1.35 bits per heavy atom. The van der Waals surface area contributed by atoms with Crippen molar-refractivity contribution in [2.24, 2.45) is 0 Å². The summed E-state index contributed by atoms with van der Waals surface area (Å²) in [5, 5.41) is 0. The van der Waals surface area contributed by atoms with E-state index in [0.29, 0.717) is 5.92 Å². The second kappa shape index (κ2) is 7.60. The summed E-state index contributed by atoms with van der Waals surface area (Å²) in [5.74, 6) is 3.02. The molecule has 3 heterocycles. The third kappa shape index (κ3) is 3.81. The van der Waals surface area contributed by atoms with E-state index in [-0.39, 0.29) is 0 Å². The SMILES string of the molecule is COc1cccc(Cc2cnc(C3CCN(Cc4scnc4C)C3)o2)c1. The van der Waals surface area contributed by atoms with Gasteiger partial charge in [0.05, 0.1) is 24.5 Å². The Hall–Kier alpha value is -2.18. The first-order valence-electron chi connectivity index (χ1n) is 8.90. The maximum atomic E-state index is 6.06. The van der Waals surface area contributed by atoms with Crippen molar-refractivity contribution in [3.05, 3.63) is 63.8 Å². The minimum atomic E-state index is 0.377. The molecule has 1 saturated heterocycles. The van der Waals surface area contributed by atoms with E-state index in [9.17, 15) is 0 Å². The van der Waals surface area contributed by atoms with Gasteiger partial charge in [0.2, 0.25) is 0 Å². The summed E-state index contributed by atoms with van der Waals surface area (Å²) < 4.78 is 11.4. The van der Waals surface area contributed by atoms with Crippen molar-refractivity contribution >= 4 is 11.3 Å². The van der Waals surface area contributed by atoms with Gasteiger partial charge in [-0.2, -0.15) is 0 Å². The number of ether oxygens (including phenoxy) is 1. The number of methoxy groups -OCH3 is 1. The summed E-state index contributed by atoms with van der Waals surface area (Å²) in [6.45, 7) is 5.13. The average molecular weight is 369 g/mol. The van der Waals surface area contributed by atoms with Gasteiger partial charge < -0.3 is 9.15 Å². The maximum absolute atomic E-state index is 6.06. The lowest BCUT2D eigenvalue weighted by atomic mass is 10.1. The fourth-order valence-electron chi connectivity index (χ4n) is 3.44. The first-order chi connectivity index (χ1) is 12.7. The molecule has 4 rings (SSSR count). The highest BCUT2D eigenvalue weighted by molar-refractivity contribution is 7.09. The molecule has 1 atom stereocenters. The fourth-order valence-corrected chi connectivity index (χ4v) is 4.25. The molecule has 136 valence electrons. The van der Waals surface area contributed by atoms with Crippen molar-refractivity contribution < 1.29 is 9.15 Å². The van der Waals surface area contributed by atoms with Crippen LogP contribution in [0.4, 0.5) is 0 Å². The van der Waals surface area contributed by atoms with E-state index < -0.39 is 0 Å². The van der Waals surface area contributed by atoms with Crippen molar-refractivity contribution in [2.45, 2.75) is 32.2 Å². The highest BCUT2D eigenvalue weighted by Crippen LogP contribution is 2.29. The molecule has 0 radical (unpaired) electrons. The number of oxazole rings is 1. The highest BCUT2D eigenvalue weighted by atomic mass is 32.1. The van der Waals surface area contributed by atoms with Gasteiger partial charge in [0.25, 0.3) is 0 Å². The van der Waals surface area contributed by atoms with E-state index in [1.807, 2.05) is 29.9 Å². The van der Waals surface area contributed by atoms with Gasteiger partial charge in [0.1, 0.15) is 11.5 Å². The van der Waals surface area contributed by atoms with Gasteiger partial charge in [-0.05, 0) is 37.6 Å². The number of hydrogen-bond donors (Lipinski definition) is 0. The normalized spacial score (nSPS) is 17.7. The quantitative estimate of drug-likeness (QED) is 0.657. The lowest BCUT2D eigenvalue weighted by Gasteiger charge is -2.14. The molecule has 6 heteroatoms. The zero-order valence-electron chi connectivity index (χ0n) is 15.1. The minimum Gasteiger partial charge on any atom is -0.497 e. The second-order valence-electron chi connectivity index (χ2n) is 6.77. The number of hydrogen-bond acceptors (Lipinski definition) is 6. The van der Waals surface area contributed by atoms with E-state index in [0.717, 1.165) is 55.6 Å². The first kappa shape index (κ1) is 17.2. The topological polar surface area (TPSA) is 51.4 Å². The Bertz CT molecular complexity index is 873. The predicted octanol–water partition coefficient (Wildman–Crippen LogP) is 4.03. The molecular weight excluding hydrogens is 346 g/mol. The lowest BCUT2D eigenvalue weighted by Crippen LogP contribution is -2.19. The Morgan fingerprint density at radius 3 is 3.08 bits per heavy atom. The largest absolute Gasteiger partial charge is 0.497 e. The van der Waals surface area contributed by atoms with Gasteiger partial charge in [-0.3, -0.25) is 4.90 Å². The van der Waals surface area contributed by atoms with Crippen LogP contribution in [-0.4, -0.2) is 35.1 Å². The van der Waals surface area contributed by atoms with Crippen molar-refractivity contribution in [3.8, 4) is 5.75 Å². The predicted molar refractivity (Wildman–Crippen MR) is 102 cm³/mol. The molecular formula is C20H23N3O2S.